The number of aromatic hydroxyl groups is 1. The number of rotatable bonds is 17. The van der Waals surface area contributed by atoms with Crippen LogP contribution in [0.5, 0.6) is 5.75 Å². The molecule has 3 amide bonds. The fourth-order valence-corrected chi connectivity index (χ4v) is 4.95. The summed E-state index contributed by atoms with van der Waals surface area (Å²) < 4.78 is 0. The van der Waals surface area contributed by atoms with Gasteiger partial charge in [-0.2, -0.15) is 0 Å². The normalized spacial score (nSPS) is 14.3. The summed E-state index contributed by atoms with van der Waals surface area (Å²) in [7, 11) is 0. The SMILES string of the molecule is CCC(C)C(NC(=O)C(Cc1ccc(O)cc1)NC(=O)C(Cc1c[nH]c2ccccc12)NC(=O)C(N)CCCN=C(N)N)C(=O)O. The highest BCUT2D eigenvalue weighted by atomic mass is 16.4. The third kappa shape index (κ3) is 10.2. The largest absolute Gasteiger partial charge is 0.508 e. The summed E-state index contributed by atoms with van der Waals surface area (Å²) in [6, 6.07) is 9.07. The lowest BCUT2D eigenvalue weighted by molar-refractivity contribution is -0.143. The van der Waals surface area contributed by atoms with Crippen molar-refractivity contribution in [3.05, 3.63) is 65.9 Å². The molecule has 0 saturated carbocycles. The van der Waals surface area contributed by atoms with Gasteiger partial charge in [0.25, 0.3) is 0 Å². The van der Waals surface area contributed by atoms with Crippen LogP contribution in [0.4, 0.5) is 0 Å². The predicted octanol–water partition coefficient (Wildman–Crippen LogP) is 0.625. The lowest BCUT2D eigenvalue weighted by atomic mass is 9.97. The van der Waals surface area contributed by atoms with Crippen molar-refractivity contribution in [2.24, 2.45) is 28.1 Å². The van der Waals surface area contributed by atoms with Crippen molar-refractivity contribution < 1.29 is 29.4 Å². The van der Waals surface area contributed by atoms with Crippen molar-refractivity contribution in [2.75, 3.05) is 6.54 Å². The summed E-state index contributed by atoms with van der Waals surface area (Å²) in [6.07, 6.45) is 2.99. The van der Waals surface area contributed by atoms with E-state index < -0.39 is 47.9 Å². The number of fused-ring (bicyclic) bond motifs is 1. The number of nitrogens with zero attached hydrogens (tertiary/aromatic N) is 1. The fraction of sp³-hybridized carbons (Fsp3) is 0.406. The van der Waals surface area contributed by atoms with E-state index in [2.05, 4.69) is 25.9 Å². The van der Waals surface area contributed by atoms with Gasteiger partial charge < -0.3 is 48.3 Å². The number of carboxylic acids is 1. The zero-order chi connectivity index (χ0) is 33.8. The minimum Gasteiger partial charge on any atom is -0.508 e. The number of benzene rings is 2. The molecule has 0 radical (unpaired) electrons. The highest BCUT2D eigenvalue weighted by molar-refractivity contribution is 5.95. The van der Waals surface area contributed by atoms with Crippen molar-refractivity contribution in [1.29, 1.82) is 0 Å². The van der Waals surface area contributed by atoms with Crippen LogP contribution in [-0.2, 0) is 32.0 Å². The van der Waals surface area contributed by atoms with E-state index in [1.807, 2.05) is 31.2 Å². The minimum atomic E-state index is -1.21. The average Bonchev–Trinajstić information content (AvgIpc) is 3.43. The molecule has 5 unspecified atom stereocenters. The monoisotopic (exact) mass is 636 g/mol. The third-order valence-corrected chi connectivity index (χ3v) is 7.82. The van der Waals surface area contributed by atoms with Gasteiger partial charge >= 0.3 is 5.97 Å². The van der Waals surface area contributed by atoms with Gasteiger partial charge in [-0.05, 0) is 48.1 Å². The molecule has 14 heteroatoms. The van der Waals surface area contributed by atoms with Crippen LogP contribution in [0.25, 0.3) is 10.9 Å². The number of hydrogen-bond acceptors (Lipinski definition) is 7. The van der Waals surface area contributed by atoms with Crippen molar-refractivity contribution in [1.82, 2.24) is 20.9 Å². The number of aliphatic imine (C=N–C) groups is 1. The van der Waals surface area contributed by atoms with Gasteiger partial charge in [0.2, 0.25) is 17.7 Å². The molecule has 0 fully saturated rings. The van der Waals surface area contributed by atoms with Gasteiger partial charge in [-0.25, -0.2) is 4.79 Å². The topological polar surface area (TPSA) is 251 Å². The van der Waals surface area contributed by atoms with Crippen molar-refractivity contribution in [2.45, 2.75) is 70.1 Å². The number of nitrogens with two attached hydrogens (primary N) is 3. The number of carbonyl (C=O) groups is 4. The van der Waals surface area contributed by atoms with Gasteiger partial charge in [-0.3, -0.25) is 19.4 Å². The maximum atomic E-state index is 13.9. The van der Waals surface area contributed by atoms with E-state index in [1.54, 1.807) is 25.3 Å². The Bertz CT molecular complexity index is 1520. The molecule has 3 aromatic rings. The van der Waals surface area contributed by atoms with Crippen LogP contribution in [0.2, 0.25) is 0 Å². The number of carbonyl (C=O) groups excluding carboxylic acids is 3. The lowest BCUT2D eigenvalue weighted by Crippen LogP contribution is -2.58. The Kier molecular flexibility index (Phi) is 12.9. The Balaban J connectivity index is 1.88. The second-order valence-corrected chi connectivity index (χ2v) is 11.3. The van der Waals surface area contributed by atoms with E-state index in [-0.39, 0.29) is 43.4 Å². The molecule has 1 aromatic heterocycles. The molecule has 1 heterocycles. The van der Waals surface area contributed by atoms with Crippen molar-refractivity contribution >= 4 is 40.6 Å². The van der Waals surface area contributed by atoms with E-state index in [4.69, 9.17) is 17.2 Å². The molecule has 2 aromatic carbocycles. The van der Waals surface area contributed by atoms with Crippen molar-refractivity contribution in [3.63, 3.8) is 0 Å². The van der Waals surface area contributed by atoms with Crippen LogP contribution in [0.3, 0.4) is 0 Å². The number of amides is 3. The minimum absolute atomic E-state index is 0.0112. The van der Waals surface area contributed by atoms with Crippen LogP contribution in [0, 0.1) is 5.92 Å². The molecule has 5 atom stereocenters. The summed E-state index contributed by atoms with van der Waals surface area (Å²) in [4.78, 5) is 59.6. The van der Waals surface area contributed by atoms with E-state index >= 15 is 0 Å². The first-order valence-corrected chi connectivity index (χ1v) is 15.2. The summed E-state index contributed by atoms with van der Waals surface area (Å²) in [6.45, 7) is 3.80. The number of carboxylic acid groups (broad SMARTS) is 1. The van der Waals surface area contributed by atoms with Gasteiger partial charge in [0.15, 0.2) is 5.96 Å². The summed E-state index contributed by atoms with van der Waals surface area (Å²) in [5, 5.41) is 28.4. The molecule has 0 aliphatic rings. The number of hydrogen-bond donors (Lipinski definition) is 9. The highest BCUT2D eigenvalue weighted by Crippen LogP contribution is 2.20. The van der Waals surface area contributed by atoms with Crippen LogP contribution in [0.1, 0.15) is 44.2 Å². The van der Waals surface area contributed by atoms with E-state index in [1.165, 1.54) is 12.1 Å². The Morgan fingerprint density at radius 1 is 0.913 bits per heavy atom. The summed E-state index contributed by atoms with van der Waals surface area (Å²) in [5.74, 6) is -3.58. The summed E-state index contributed by atoms with van der Waals surface area (Å²) >= 11 is 0. The number of H-pyrrole nitrogens is 1. The molecule has 0 aliphatic heterocycles. The molecule has 0 bridgehead atoms. The third-order valence-electron chi connectivity index (χ3n) is 7.82. The zero-order valence-corrected chi connectivity index (χ0v) is 26.0. The number of nitrogens with one attached hydrogen (secondary N) is 4. The second-order valence-electron chi connectivity index (χ2n) is 11.3. The first-order valence-electron chi connectivity index (χ1n) is 15.2. The highest BCUT2D eigenvalue weighted by Gasteiger charge is 2.32. The van der Waals surface area contributed by atoms with Gasteiger partial charge in [0.05, 0.1) is 6.04 Å². The Hall–Kier alpha value is -5.11. The maximum absolute atomic E-state index is 13.9. The van der Waals surface area contributed by atoms with Gasteiger partial charge in [0, 0.05) is 36.5 Å². The molecule has 0 spiro atoms. The number of phenols is 1. The van der Waals surface area contributed by atoms with Crippen LogP contribution in [0.15, 0.2) is 59.7 Å². The van der Waals surface area contributed by atoms with E-state index in [9.17, 15) is 29.4 Å². The smallest absolute Gasteiger partial charge is 0.326 e. The molecule has 0 aliphatic carbocycles. The number of para-hydroxylation sites is 1. The molecule has 46 heavy (non-hydrogen) atoms. The molecule has 12 N–H and O–H groups in total. The number of aromatic nitrogens is 1. The molecular weight excluding hydrogens is 592 g/mol. The Morgan fingerprint density at radius 2 is 1.54 bits per heavy atom. The van der Waals surface area contributed by atoms with E-state index in [0.29, 0.717) is 18.4 Å². The molecule has 248 valence electrons. The van der Waals surface area contributed by atoms with Gasteiger partial charge in [-0.1, -0.05) is 50.6 Å². The predicted molar refractivity (Wildman–Crippen MR) is 175 cm³/mol. The quantitative estimate of drug-likeness (QED) is 0.0571. The second kappa shape index (κ2) is 16.8. The molecular formula is C32H44N8O6. The van der Waals surface area contributed by atoms with Crippen LogP contribution >= 0.6 is 0 Å². The first-order chi connectivity index (χ1) is 21.9. The van der Waals surface area contributed by atoms with Gasteiger partial charge in [0.1, 0.15) is 23.9 Å². The molecule has 14 nitrogen and oxygen atoms in total. The fourth-order valence-electron chi connectivity index (χ4n) is 4.95. The standard InChI is InChI=1S/C32H44N8O6/c1-3-18(2)27(31(45)46)40-30(44)25(15-19-10-12-21(41)13-11-19)39-29(43)26(16-20-17-37-24-9-5-4-7-22(20)24)38-28(42)23(33)8-6-14-36-32(34)35/h4-5,7,9-13,17-18,23,25-27,37,41H,3,6,8,14-16,33H2,1-2H3,(H,38,42)(H,39,43)(H,40,44)(H,45,46)(H4,34,35,36). The number of aliphatic carboxylic acids is 1. The molecule has 0 saturated heterocycles. The van der Waals surface area contributed by atoms with Gasteiger partial charge in [-0.15, -0.1) is 0 Å². The van der Waals surface area contributed by atoms with E-state index in [0.717, 1.165) is 16.5 Å². The average molecular weight is 637 g/mol. The lowest BCUT2D eigenvalue weighted by Gasteiger charge is -2.27. The number of aromatic amines is 1. The zero-order valence-electron chi connectivity index (χ0n) is 26.0. The molecule has 3 rings (SSSR count). The van der Waals surface area contributed by atoms with Crippen LogP contribution in [-0.4, -0.2) is 75.6 Å². The van der Waals surface area contributed by atoms with Crippen LogP contribution < -0.4 is 33.2 Å². The maximum Gasteiger partial charge on any atom is 0.326 e. The first kappa shape index (κ1) is 35.4. The Morgan fingerprint density at radius 3 is 2.20 bits per heavy atom. The number of guanidine groups is 1. The Labute approximate surface area is 267 Å². The number of phenolic OH excluding ortho intramolecular Hbond substituents is 1. The summed E-state index contributed by atoms with van der Waals surface area (Å²) in [5.41, 5.74) is 19.0. The van der Waals surface area contributed by atoms with Crippen molar-refractivity contribution in [3.8, 4) is 5.75 Å².